The maximum absolute atomic E-state index is 2.66. The highest BCUT2D eigenvalue weighted by Crippen LogP contribution is 2.42. The third kappa shape index (κ3) is 2.70. The second kappa shape index (κ2) is 7.37. The molecule has 0 spiro atoms. The number of aryl methyl sites for hydroxylation is 3. The fraction of sp³-hybridized carbons (Fsp3) is 0.0857. The Morgan fingerprint density at radius 2 is 1.19 bits per heavy atom. The first-order chi connectivity index (χ1) is 18.1. The molecule has 0 saturated heterocycles. The summed E-state index contributed by atoms with van der Waals surface area (Å²) in [5.41, 5.74) is 12.2. The summed E-state index contributed by atoms with van der Waals surface area (Å²) in [5.74, 6) is 0. The van der Waals surface area contributed by atoms with E-state index in [0.29, 0.717) is 0 Å². The third-order valence-corrected chi connectivity index (χ3v) is 8.52. The van der Waals surface area contributed by atoms with E-state index in [0.717, 1.165) is 0 Å². The molecule has 0 bridgehead atoms. The third-order valence-electron chi connectivity index (χ3n) is 8.52. The van der Waals surface area contributed by atoms with Crippen molar-refractivity contribution in [1.29, 1.82) is 0 Å². The van der Waals surface area contributed by atoms with Crippen LogP contribution in [0.25, 0.3) is 54.5 Å². The Kier molecular flexibility index (Phi) is 4.15. The van der Waals surface area contributed by atoms with Crippen LogP contribution in [0.2, 0.25) is 0 Å². The summed E-state index contributed by atoms with van der Waals surface area (Å²) < 4.78 is 2.66. The lowest BCUT2D eigenvalue weighted by molar-refractivity contribution is 1.30. The molecule has 0 radical (unpaired) electrons. The van der Waals surface area contributed by atoms with Gasteiger partial charge in [0, 0.05) is 27.4 Å². The Hall–Kier alpha value is -4.30. The average Bonchev–Trinajstić information content (AvgIpc) is 3.25. The van der Waals surface area contributed by atoms with Crippen molar-refractivity contribution in [2.75, 3.05) is 0 Å². The Bertz CT molecular complexity index is 2050. The summed E-state index contributed by atoms with van der Waals surface area (Å²) in [7, 11) is 0. The van der Waals surface area contributed by atoms with E-state index >= 15 is 0 Å². The standard InChI is InChI=1S/C35H26BN/c1-21-19-22(2)33(23(3)20-21)36-34-27-12-7-5-10-25(27)15-17-28(34)29-13-8-14-30-32-26-11-6-4-9-24(26)16-18-31(32)37(36)35(29)30/h4-20H,1-3H3. The van der Waals surface area contributed by atoms with E-state index in [2.05, 4.69) is 128 Å². The van der Waals surface area contributed by atoms with Gasteiger partial charge in [-0.05, 0) is 64.9 Å². The van der Waals surface area contributed by atoms with Crippen molar-refractivity contribution in [1.82, 2.24) is 4.48 Å². The fourth-order valence-electron chi connectivity index (χ4n) is 7.20. The molecule has 1 nitrogen and oxygen atoms in total. The smallest absolute Gasteiger partial charge is 0.330 e. The Morgan fingerprint density at radius 3 is 1.97 bits per heavy atom. The highest BCUT2D eigenvalue weighted by Gasteiger charge is 2.37. The highest BCUT2D eigenvalue weighted by molar-refractivity contribution is 6.89. The van der Waals surface area contributed by atoms with Crippen molar-refractivity contribution in [3.8, 4) is 11.1 Å². The van der Waals surface area contributed by atoms with Gasteiger partial charge in [0.2, 0.25) is 0 Å². The summed E-state index contributed by atoms with van der Waals surface area (Å²) >= 11 is 0. The van der Waals surface area contributed by atoms with Gasteiger partial charge in [0.25, 0.3) is 0 Å². The summed E-state index contributed by atoms with van der Waals surface area (Å²) in [6.45, 7) is 6.88. The van der Waals surface area contributed by atoms with E-state index in [1.54, 1.807) is 0 Å². The Labute approximate surface area is 217 Å². The van der Waals surface area contributed by atoms with Crippen LogP contribution in [0.1, 0.15) is 16.7 Å². The van der Waals surface area contributed by atoms with Gasteiger partial charge in [0.05, 0.1) is 0 Å². The van der Waals surface area contributed by atoms with Crippen molar-refractivity contribution < 1.29 is 0 Å². The minimum absolute atomic E-state index is 0.0952. The zero-order valence-electron chi connectivity index (χ0n) is 21.3. The van der Waals surface area contributed by atoms with Gasteiger partial charge in [0.1, 0.15) is 0 Å². The van der Waals surface area contributed by atoms with Gasteiger partial charge in [0.15, 0.2) is 0 Å². The maximum atomic E-state index is 2.66. The van der Waals surface area contributed by atoms with E-state index in [1.807, 2.05) is 0 Å². The molecule has 7 aromatic rings. The molecule has 0 aliphatic carbocycles. The van der Waals surface area contributed by atoms with Crippen LogP contribution in [-0.2, 0) is 0 Å². The minimum atomic E-state index is 0.0952. The second-order valence-electron chi connectivity index (χ2n) is 10.7. The van der Waals surface area contributed by atoms with Crippen LogP contribution in [0.4, 0.5) is 0 Å². The molecule has 0 saturated carbocycles. The highest BCUT2D eigenvalue weighted by atomic mass is 14.9. The summed E-state index contributed by atoms with van der Waals surface area (Å²) in [4.78, 5) is 0. The van der Waals surface area contributed by atoms with Crippen LogP contribution >= 0.6 is 0 Å². The van der Waals surface area contributed by atoms with Gasteiger partial charge in [-0.15, -0.1) is 0 Å². The van der Waals surface area contributed by atoms with Crippen molar-refractivity contribution in [3.63, 3.8) is 0 Å². The topological polar surface area (TPSA) is 4.93 Å². The van der Waals surface area contributed by atoms with Crippen LogP contribution < -0.4 is 10.9 Å². The summed E-state index contributed by atoms with van der Waals surface area (Å²) in [5, 5.41) is 7.96. The molecule has 37 heavy (non-hydrogen) atoms. The first-order valence-corrected chi connectivity index (χ1v) is 13.2. The molecule has 1 aliphatic heterocycles. The lowest BCUT2D eigenvalue weighted by Gasteiger charge is -2.31. The van der Waals surface area contributed by atoms with Gasteiger partial charge >= 0.3 is 6.85 Å². The average molecular weight is 471 g/mol. The number of nitrogens with zero attached hydrogens (tertiary/aromatic N) is 1. The van der Waals surface area contributed by atoms with Crippen LogP contribution in [0.3, 0.4) is 0 Å². The number of hydrogen-bond donors (Lipinski definition) is 0. The molecule has 0 atom stereocenters. The Morgan fingerprint density at radius 1 is 0.541 bits per heavy atom. The van der Waals surface area contributed by atoms with Gasteiger partial charge in [-0.2, -0.15) is 0 Å². The lowest BCUT2D eigenvalue weighted by Crippen LogP contribution is -2.53. The van der Waals surface area contributed by atoms with Crippen molar-refractivity contribution in [2.45, 2.75) is 20.8 Å². The molecule has 2 heterocycles. The molecule has 174 valence electrons. The molecule has 0 fully saturated rings. The summed E-state index contributed by atoms with van der Waals surface area (Å²) in [6.07, 6.45) is 0. The van der Waals surface area contributed by atoms with Crippen LogP contribution in [0.5, 0.6) is 0 Å². The molecule has 1 aromatic heterocycles. The van der Waals surface area contributed by atoms with E-state index in [-0.39, 0.29) is 6.85 Å². The normalized spacial score (nSPS) is 12.7. The first kappa shape index (κ1) is 20.9. The number of aromatic nitrogens is 1. The zero-order chi connectivity index (χ0) is 24.8. The van der Waals surface area contributed by atoms with Crippen LogP contribution in [0, 0.1) is 20.8 Å². The van der Waals surface area contributed by atoms with Gasteiger partial charge in [-0.3, -0.25) is 0 Å². The lowest BCUT2D eigenvalue weighted by atomic mass is 9.45. The second-order valence-corrected chi connectivity index (χ2v) is 10.7. The van der Waals surface area contributed by atoms with Crippen molar-refractivity contribution in [2.24, 2.45) is 0 Å². The first-order valence-electron chi connectivity index (χ1n) is 13.2. The molecule has 0 amide bonds. The molecule has 2 heteroatoms. The van der Waals surface area contributed by atoms with Crippen molar-refractivity contribution in [3.05, 3.63) is 120 Å². The molecule has 0 N–H and O–H groups in total. The van der Waals surface area contributed by atoms with E-state index in [1.165, 1.54) is 82.1 Å². The molecule has 1 aliphatic rings. The molecule has 0 unspecified atom stereocenters. The van der Waals surface area contributed by atoms with Crippen LogP contribution in [-0.4, -0.2) is 11.3 Å². The van der Waals surface area contributed by atoms with E-state index in [4.69, 9.17) is 0 Å². The summed E-state index contributed by atoms with van der Waals surface area (Å²) in [6, 6.07) is 38.6. The number of hydrogen-bond acceptors (Lipinski definition) is 0. The SMILES string of the molecule is Cc1cc(C)c(B2c3c(ccc4ccccc34)-c3cccc4c5c6ccccc6ccc5n2c34)c(C)c1. The minimum Gasteiger partial charge on any atom is -0.375 e. The fourth-order valence-corrected chi connectivity index (χ4v) is 7.20. The quantitative estimate of drug-likeness (QED) is 0.217. The largest absolute Gasteiger partial charge is 0.375 e. The zero-order valence-corrected chi connectivity index (χ0v) is 21.3. The number of para-hydroxylation sites is 1. The van der Waals surface area contributed by atoms with Gasteiger partial charge < -0.3 is 4.48 Å². The predicted molar refractivity (Wildman–Crippen MR) is 161 cm³/mol. The number of rotatable bonds is 1. The molecule has 8 rings (SSSR count). The van der Waals surface area contributed by atoms with Crippen LogP contribution in [0.15, 0.2) is 103 Å². The Balaban J connectivity index is 1.65. The van der Waals surface area contributed by atoms with Gasteiger partial charge in [-0.1, -0.05) is 114 Å². The number of fused-ring (bicyclic) bond motifs is 9. The predicted octanol–water partition coefficient (Wildman–Crippen LogP) is 7.66. The molecular formula is C35H26BN. The monoisotopic (exact) mass is 471 g/mol. The number of benzene rings is 6. The van der Waals surface area contributed by atoms with Gasteiger partial charge in [-0.25, -0.2) is 0 Å². The van der Waals surface area contributed by atoms with Crippen molar-refractivity contribution >= 4 is 61.1 Å². The molecule has 6 aromatic carbocycles. The molecular weight excluding hydrogens is 445 g/mol. The van der Waals surface area contributed by atoms with E-state index < -0.39 is 0 Å². The van der Waals surface area contributed by atoms with E-state index in [9.17, 15) is 0 Å². The maximum Gasteiger partial charge on any atom is 0.330 e.